The zero-order valence-electron chi connectivity index (χ0n) is 9.20. The lowest BCUT2D eigenvalue weighted by Crippen LogP contribution is -2.20. The Hall–Kier alpha value is -1.06. The molecule has 0 rings (SSSR count). The fourth-order valence-electron chi connectivity index (χ4n) is 0.966. The zero-order valence-corrected chi connectivity index (χ0v) is 9.20. The molecule has 4 nitrogen and oxygen atoms in total. The predicted molar refractivity (Wildman–Crippen MR) is 51.6 cm³/mol. The Bertz CT molecular complexity index is 198. The summed E-state index contributed by atoms with van der Waals surface area (Å²) in [7, 11) is 1.31. The maximum Gasteiger partial charge on any atom is 0.309 e. The highest BCUT2D eigenvalue weighted by Crippen LogP contribution is 2.05. The van der Waals surface area contributed by atoms with Crippen molar-refractivity contribution in [3.63, 3.8) is 0 Å². The third-order valence-electron chi connectivity index (χ3n) is 1.59. The summed E-state index contributed by atoms with van der Waals surface area (Å²) in [6.45, 7) is 5.55. The van der Waals surface area contributed by atoms with Crippen LogP contribution in [0.2, 0.25) is 0 Å². The fourth-order valence-corrected chi connectivity index (χ4v) is 0.966. The summed E-state index contributed by atoms with van der Waals surface area (Å²) in [6, 6.07) is 0. The van der Waals surface area contributed by atoms with Crippen molar-refractivity contribution in [2.45, 2.75) is 39.7 Å². The molecule has 0 saturated heterocycles. The Morgan fingerprint density at radius 3 is 2.07 bits per heavy atom. The smallest absolute Gasteiger partial charge is 0.309 e. The van der Waals surface area contributed by atoms with Crippen molar-refractivity contribution < 1.29 is 19.1 Å². The van der Waals surface area contributed by atoms with Crippen LogP contribution >= 0.6 is 0 Å². The first-order valence-corrected chi connectivity index (χ1v) is 4.72. The van der Waals surface area contributed by atoms with Gasteiger partial charge in [-0.15, -0.1) is 0 Å². The summed E-state index contributed by atoms with van der Waals surface area (Å²) >= 11 is 0. The molecule has 0 fully saturated rings. The van der Waals surface area contributed by atoms with Crippen molar-refractivity contribution in [3.8, 4) is 0 Å². The van der Waals surface area contributed by atoms with Gasteiger partial charge in [0.15, 0.2) is 0 Å². The summed E-state index contributed by atoms with van der Waals surface area (Å²) in [5, 5.41) is 0. The standard InChI is InChI=1S/C10H18O4/c1-7(2)5-10(12)14-8(3)6-9(11)13-4/h7-8H,5-6H2,1-4H3. The van der Waals surface area contributed by atoms with Crippen molar-refractivity contribution >= 4 is 11.9 Å². The molecule has 0 saturated carbocycles. The molecule has 0 aromatic carbocycles. The summed E-state index contributed by atoms with van der Waals surface area (Å²) in [6.07, 6.45) is 0.0833. The molecule has 0 heterocycles. The average Bonchev–Trinajstić information content (AvgIpc) is 2.01. The lowest BCUT2D eigenvalue weighted by atomic mass is 10.1. The Balaban J connectivity index is 3.76. The van der Waals surface area contributed by atoms with Crippen molar-refractivity contribution in [2.75, 3.05) is 7.11 Å². The van der Waals surface area contributed by atoms with Crippen LogP contribution in [0.15, 0.2) is 0 Å². The number of carbonyl (C=O) groups excluding carboxylic acids is 2. The molecule has 14 heavy (non-hydrogen) atoms. The molecule has 0 bridgehead atoms. The maximum absolute atomic E-state index is 11.2. The first kappa shape index (κ1) is 12.9. The van der Waals surface area contributed by atoms with E-state index < -0.39 is 6.10 Å². The van der Waals surface area contributed by atoms with Crippen LogP contribution in [-0.4, -0.2) is 25.2 Å². The number of rotatable bonds is 5. The topological polar surface area (TPSA) is 52.6 Å². The van der Waals surface area contributed by atoms with Crippen LogP contribution in [0.3, 0.4) is 0 Å². The van der Waals surface area contributed by atoms with Crippen molar-refractivity contribution in [3.05, 3.63) is 0 Å². The molecular formula is C10H18O4. The van der Waals surface area contributed by atoms with Gasteiger partial charge in [-0.3, -0.25) is 9.59 Å². The van der Waals surface area contributed by atoms with E-state index in [9.17, 15) is 9.59 Å². The third kappa shape index (κ3) is 6.46. The Morgan fingerprint density at radius 2 is 1.64 bits per heavy atom. The van der Waals surface area contributed by atoms with Gasteiger partial charge in [-0.1, -0.05) is 13.8 Å². The molecule has 0 spiro atoms. The molecule has 82 valence electrons. The van der Waals surface area contributed by atoms with E-state index in [2.05, 4.69) is 4.74 Å². The van der Waals surface area contributed by atoms with Crippen molar-refractivity contribution in [1.29, 1.82) is 0 Å². The van der Waals surface area contributed by atoms with E-state index in [0.717, 1.165) is 0 Å². The van der Waals surface area contributed by atoms with Crippen LogP contribution in [0.5, 0.6) is 0 Å². The first-order valence-electron chi connectivity index (χ1n) is 4.72. The molecular weight excluding hydrogens is 184 g/mol. The minimum Gasteiger partial charge on any atom is -0.469 e. The second-order valence-electron chi connectivity index (χ2n) is 3.68. The second kappa shape index (κ2) is 6.40. The zero-order chi connectivity index (χ0) is 11.1. The second-order valence-corrected chi connectivity index (χ2v) is 3.68. The minimum absolute atomic E-state index is 0.111. The van der Waals surface area contributed by atoms with E-state index in [4.69, 9.17) is 4.74 Å². The molecule has 1 unspecified atom stereocenters. The number of hydrogen-bond acceptors (Lipinski definition) is 4. The van der Waals surface area contributed by atoms with Gasteiger partial charge < -0.3 is 9.47 Å². The van der Waals surface area contributed by atoms with E-state index in [0.29, 0.717) is 6.42 Å². The number of esters is 2. The molecule has 0 aliphatic heterocycles. The lowest BCUT2D eigenvalue weighted by molar-refractivity contribution is -0.153. The van der Waals surface area contributed by atoms with Crippen molar-refractivity contribution in [1.82, 2.24) is 0 Å². The maximum atomic E-state index is 11.2. The molecule has 0 amide bonds. The van der Waals surface area contributed by atoms with Gasteiger partial charge in [0, 0.05) is 6.42 Å². The Morgan fingerprint density at radius 1 is 1.07 bits per heavy atom. The van der Waals surface area contributed by atoms with Gasteiger partial charge in [0.05, 0.1) is 13.5 Å². The minimum atomic E-state index is -0.409. The SMILES string of the molecule is COC(=O)CC(C)OC(=O)CC(C)C. The molecule has 0 aromatic heterocycles. The van der Waals surface area contributed by atoms with Crippen LogP contribution in [-0.2, 0) is 19.1 Å². The van der Waals surface area contributed by atoms with Crippen LogP contribution in [0.4, 0.5) is 0 Å². The van der Waals surface area contributed by atoms with E-state index >= 15 is 0 Å². The number of hydrogen-bond donors (Lipinski definition) is 0. The number of methoxy groups -OCH3 is 1. The van der Waals surface area contributed by atoms with Gasteiger partial charge >= 0.3 is 11.9 Å². The third-order valence-corrected chi connectivity index (χ3v) is 1.59. The quantitative estimate of drug-likeness (QED) is 0.634. The molecule has 1 atom stereocenters. The van der Waals surface area contributed by atoms with Crippen LogP contribution < -0.4 is 0 Å². The van der Waals surface area contributed by atoms with E-state index in [-0.39, 0.29) is 24.3 Å². The highest BCUT2D eigenvalue weighted by molar-refractivity contribution is 5.72. The summed E-state index contributed by atoms with van der Waals surface area (Å²) < 4.78 is 9.45. The van der Waals surface area contributed by atoms with Gasteiger partial charge in [-0.05, 0) is 12.8 Å². The van der Waals surface area contributed by atoms with Crippen LogP contribution in [0.25, 0.3) is 0 Å². The highest BCUT2D eigenvalue weighted by Gasteiger charge is 2.14. The van der Waals surface area contributed by atoms with Gasteiger partial charge in [0.2, 0.25) is 0 Å². The summed E-state index contributed by atoms with van der Waals surface area (Å²) in [5.74, 6) is -0.362. The molecule has 4 heteroatoms. The van der Waals surface area contributed by atoms with Gasteiger partial charge in [-0.25, -0.2) is 0 Å². The van der Waals surface area contributed by atoms with Gasteiger partial charge in [0.25, 0.3) is 0 Å². The molecule has 0 aliphatic rings. The average molecular weight is 202 g/mol. The van der Waals surface area contributed by atoms with E-state index in [1.165, 1.54) is 7.11 Å². The van der Waals surface area contributed by atoms with E-state index in [1.54, 1.807) is 6.92 Å². The van der Waals surface area contributed by atoms with E-state index in [1.807, 2.05) is 13.8 Å². The lowest BCUT2D eigenvalue weighted by Gasteiger charge is -2.12. The van der Waals surface area contributed by atoms with Crippen LogP contribution in [0, 0.1) is 5.92 Å². The molecule has 0 aliphatic carbocycles. The first-order chi connectivity index (χ1) is 6.45. The monoisotopic (exact) mass is 202 g/mol. The normalized spacial score (nSPS) is 12.4. The molecule has 0 aromatic rings. The van der Waals surface area contributed by atoms with Gasteiger partial charge in [0.1, 0.15) is 6.10 Å². The highest BCUT2D eigenvalue weighted by atomic mass is 16.6. The Kier molecular flexibility index (Phi) is 5.92. The number of ether oxygens (including phenoxy) is 2. The number of carbonyl (C=O) groups is 2. The largest absolute Gasteiger partial charge is 0.469 e. The summed E-state index contributed by atoms with van der Waals surface area (Å²) in [5.41, 5.74) is 0. The van der Waals surface area contributed by atoms with Crippen molar-refractivity contribution in [2.24, 2.45) is 5.92 Å². The molecule has 0 radical (unpaired) electrons. The molecule has 0 N–H and O–H groups in total. The fraction of sp³-hybridized carbons (Fsp3) is 0.800. The van der Waals surface area contributed by atoms with Crippen LogP contribution in [0.1, 0.15) is 33.6 Å². The summed E-state index contributed by atoms with van der Waals surface area (Å²) in [4.78, 5) is 22.0. The predicted octanol–water partition coefficient (Wildman–Crippen LogP) is 1.53. The van der Waals surface area contributed by atoms with Gasteiger partial charge in [-0.2, -0.15) is 0 Å². The Labute approximate surface area is 84.6 Å².